The van der Waals surface area contributed by atoms with Gasteiger partial charge in [-0.2, -0.15) is 0 Å². The highest BCUT2D eigenvalue weighted by Gasteiger charge is 2.09. The Morgan fingerprint density at radius 1 is 0.286 bits per heavy atom. The molecule has 6 rings (SSSR count). The van der Waals surface area contributed by atoms with Gasteiger partial charge in [0.05, 0.1) is 0 Å². The molecular formula is C42H66. The van der Waals surface area contributed by atoms with Gasteiger partial charge < -0.3 is 0 Å². The van der Waals surface area contributed by atoms with E-state index < -0.39 is 0 Å². The molecule has 0 nitrogen and oxygen atoms in total. The van der Waals surface area contributed by atoms with Gasteiger partial charge in [-0.25, -0.2) is 0 Å². The second-order valence-electron chi connectivity index (χ2n) is 16.9. The van der Waals surface area contributed by atoms with E-state index in [2.05, 4.69) is 156 Å². The van der Waals surface area contributed by atoms with Crippen molar-refractivity contribution in [2.24, 2.45) is 16.2 Å². The van der Waals surface area contributed by atoms with Crippen LogP contribution in [0.2, 0.25) is 0 Å². The van der Waals surface area contributed by atoms with E-state index in [-0.39, 0.29) is 0 Å². The van der Waals surface area contributed by atoms with Gasteiger partial charge >= 0.3 is 0 Å². The summed E-state index contributed by atoms with van der Waals surface area (Å²) in [7, 11) is 0. The lowest BCUT2D eigenvalue weighted by molar-refractivity contribution is 0.469. The lowest BCUT2D eigenvalue weighted by atomic mass is 9.89. The van der Waals surface area contributed by atoms with Crippen molar-refractivity contribution in [2.75, 3.05) is 0 Å². The standard InChI is InChI=1S/C10H12.C9H10.C8H8.3C5H12/c1-2-6-10-8-4-3-7-9(10)5-1;1-2-5-9-7-3-6-8(9)4-1;1-2-4-8-6-5-7(8)3-1;3*1-5(2,3)4/h1-2,5-6H,3-4,7-8H2;1-2,4-5H,3,6-7H2;1-4H,5-6H2;3*1-4H3. The maximum atomic E-state index is 2.26. The Balaban J connectivity index is 0.000000260. The molecule has 0 fully saturated rings. The first kappa shape index (κ1) is 37.7. The van der Waals surface area contributed by atoms with Gasteiger partial charge in [-0.1, -0.05) is 156 Å². The molecule has 0 saturated carbocycles. The van der Waals surface area contributed by atoms with Gasteiger partial charge in [0.15, 0.2) is 0 Å². The third kappa shape index (κ3) is 21.4. The van der Waals surface area contributed by atoms with Crippen LogP contribution >= 0.6 is 0 Å². The number of benzene rings is 3. The van der Waals surface area contributed by atoms with Crippen molar-refractivity contribution in [3.8, 4) is 0 Å². The van der Waals surface area contributed by atoms with Crippen molar-refractivity contribution in [3.63, 3.8) is 0 Å². The van der Waals surface area contributed by atoms with Gasteiger partial charge in [-0.3, -0.25) is 0 Å². The summed E-state index contributed by atoms with van der Waals surface area (Å²) in [6.45, 7) is 26.2. The summed E-state index contributed by atoms with van der Waals surface area (Å²) in [5, 5.41) is 0. The summed E-state index contributed by atoms with van der Waals surface area (Å²) in [6, 6.07) is 26.2. The zero-order valence-corrected chi connectivity index (χ0v) is 29.8. The van der Waals surface area contributed by atoms with E-state index in [9.17, 15) is 0 Å². The predicted octanol–water partition coefficient (Wildman–Crippen LogP) is 12.7. The van der Waals surface area contributed by atoms with Crippen LogP contribution in [0, 0.1) is 16.2 Å². The van der Waals surface area contributed by atoms with Crippen LogP contribution in [0.5, 0.6) is 0 Å². The normalized spacial score (nSPS) is 14.3. The minimum absolute atomic E-state index is 0.500. The summed E-state index contributed by atoms with van der Waals surface area (Å²) in [6.07, 6.45) is 11.9. The van der Waals surface area contributed by atoms with E-state index in [1.54, 1.807) is 33.4 Å². The van der Waals surface area contributed by atoms with Gasteiger partial charge in [-0.15, -0.1) is 0 Å². The lowest BCUT2D eigenvalue weighted by Crippen LogP contribution is -2.06. The molecule has 3 aromatic rings. The van der Waals surface area contributed by atoms with Crippen molar-refractivity contribution in [2.45, 2.75) is 141 Å². The van der Waals surface area contributed by atoms with Crippen molar-refractivity contribution in [1.82, 2.24) is 0 Å². The van der Waals surface area contributed by atoms with E-state index in [4.69, 9.17) is 0 Å². The number of rotatable bonds is 0. The van der Waals surface area contributed by atoms with E-state index >= 15 is 0 Å². The van der Waals surface area contributed by atoms with Gasteiger partial charge in [-0.05, 0) is 107 Å². The fourth-order valence-corrected chi connectivity index (χ4v) is 4.33. The zero-order valence-electron chi connectivity index (χ0n) is 29.8. The van der Waals surface area contributed by atoms with Gasteiger partial charge in [0.2, 0.25) is 0 Å². The van der Waals surface area contributed by atoms with Gasteiger partial charge in [0.1, 0.15) is 0 Å². The van der Waals surface area contributed by atoms with Gasteiger partial charge in [0.25, 0.3) is 0 Å². The van der Waals surface area contributed by atoms with Crippen LogP contribution in [0.25, 0.3) is 0 Å². The largest absolute Gasteiger partial charge is 0.0620 e. The molecule has 0 unspecified atom stereocenters. The average molecular weight is 571 g/mol. The second kappa shape index (κ2) is 18.4. The molecule has 0 radical (unpaired) electrons. The van der Waals surface area contributed by atoms with Crippen LogP contribution in [-0.4, -0.2) is 0 Å². The van der Waals surface area contributed by atoms with E-state index in [1.807, 2.05) is 0 Å². The van der Waals surface area contributed by atoms with Crippen LogP contribution in [0.1, 0.15) is 136 Å². The maximum absolute atomic E-state index is 2.26. The molecule has 0 spiro atoms. The minimum atomic E-state index is 0.500. The zero-order chi connectivity index (χ0) is 31.8. The Bertz CT molecular complexity index is 1010. The number of hydrogen-bond acceptors (Lipinski definition) is 0. The first-order valence-electron chi connectivity index (χ1n) is 16.6. The topological polar surface area (TPSA) is 0 Å². The quantitative estimate of drug-likeness (QED) is 0.252. The van der Waals surface area contributed by atoms with Crippen LogP contribution < -0.4 is 0 Å². The molecule has 0 atom stereocenters. The summed E-state index contributed by atoms with van der Waals surface area (Å²) in [5.41, 5.74) is 10.9. The third-order valence-electron chi connectivity index (χ3n) is 6.05. The number of aryl methyl sites for hydroxylation is 6. The SMILES string of the molecule is CC(C)(C)C.CC(C)(C)C.CC(C)(C)C.c1ccc2c(c1)CC2.c1ccc2c(c1)CCC2.c1ccc2c(c1)CCCC2. The fraction of sp³-hybridized carbons (Fsp3) is 0.571. The molecule has 0 saturated heterocycles. The van der Waals surface area contributed by atoms with Gasteiger partial charge in [0, 0.05) is 0 Å². The summed E-state index contributed by atoms with van der Waals surface area (Å²) >= 11 is 0. The predicted molar refractivity (Wildman–Crippen MR) is 191 cm³/mol. The highest BCUT2D eigenvalue weighted by molar-refractivity contribution is 5.34. The molecule has 3 aromatic carbocycles. The molecule has 0 aromatic heterocycles. The van der Waals surface area contributed by atoms with E-state index in [0.717, 1.165) is 0 Å². The number of hydrogen-bond donors (Lipinski definition) is 0. The summed E-state index contributed by atoms with van der Waals surface area (Å²) in [5.74, 6) is 0. The summed E-state index contributed by atoms with van der Waals surface area (Å²) in [4.78, 5) is 0. The van der Waals surface area contributed by atoms with Crippen molar-refractivity contribution >= 4 is 0 Å². The lowest BCUT2D eigenvalue weighted by Gasteiger charge is -2.16. The van der Waals surface area contributed by atoms with Crippen LogP contribution in [-0.2, 0) is 38.5 Å². The Labute approximate surface area is 262 Å². The molecular weight excluding hydrogens is 504 g/mol. The van der Waals surface area contributed by atoms with Crippen LogP contribution in [0.3, 0.4) is 0 Å². The van der Waals surface area contributed by atoms with Crippen molar-refractivity contribution in [3.05, 3.63) is 106 Å². The van der Waals surface area contributed by atoms with Crippen LogP contribution in [0.15, 0.2) is 72.8 Å². The molecule has 3 aliphatic carbocycles. The molecule has 3 aliphatic rings. The van der Waals surface area contributed by atoms with E-state index in [1.165, 1.54) is 57.8 Å². The number of fused-ring (bicyclic) bond motifs is 3. The minimum Gasteiger partial charge on any atom is -0.0620 e. The summed E-state index contributed by atoms with van der Waals surface area (Å²) < 4.78 is 0. The molecule has 0 N–H and O–H groups in total. The third-order valence-corrected chi connectivity index (χ3v) is 6.05. The molecule has 0 bridgehead atoms. The first-order chi connectivity index (χ1) is 19.4. The Kier molecular flexibility index (Phi) is 16.5. The van der Waals surface area contributed by atoms with Crippen molar-refractivity contribution < 1.29 is 0 Å². The first-order valence-corrected chi connectivity index (χ1v) is 16.6. The Morgan fingerprint density at radius 3 is 0.619 bits per heavy atom. The Hall–Kier alpha value is -2.34. The monoisotopic (exact) mass is 571 g/mol. The highest BCUT2D eigenvalue weighted by Crippen LogP contribution is 2.22. The Morgan fingerprint density at radius 2 is 0.452 bits per heavy atom. The fourth-order valence-electron chi connectivity index (χ4n) is 4.33. The molecule has 42 heavy (non-hydrogen) atoms. The van der Waals surface area contributed by atoms with Crippen molar-refractivity contribution in [1.29, 1.82) is 0 Å². The highest BCUT2D eigenvalue weighted by atomic mass is 14.1. The average Bonchev–Trinajstić information content (AvgIpc) is 3.32. The molecule has 0 amide bonds. The van der Waals surface area contributed by atoms with E-state index in [0.29, 0.717) is 16.2 Å². The second-order valence-corrected chi connectivity index (χ2v) is 16.9. The molecule has 0 aliphatic heterocycles. The molecule has 0 heterocycles. The smallest absolute Gasteiger partial charge is 0.0235 e. The van der Waals surface area contributed by atoms with Crippen LogP contribution in [0.4, 0.5) is 0 Å². The molecule has 0 heteroatoms. The maximum Gasteiger partial charge on any atom is -0.0235 e. The molecule has 234 valence electrons.